The van der Waals surface area contributed by atoms with E-state index < -0.39 is 0 Å². The molecule has 0 aromatic rings. The van der Waals surface area contributed by atoms with Gasteiger partial charge < -0.3 is 0 Å². The standard InChI is InChI=1S/C12H11NO2/c1-2-5-13-11(14)9-7-3-4-8(6-7)10(9)12(13)15/h1,3-4,7-10H,5-6H2/t7-,8-,9+,10+/m0/s1. The fourth-order valence-corrected chi connectivity index (χ4v) is 3.21. The normalized spacial score (nSPS) is 41.1. The van der Waals surface area contributed by atoms with Gasteiger partial charge in [-0.3, -0.25) is 14.5 Å². The molecule has 0 aromatic heterocycles. The van der Waals surface area contributed by atoms with Crippen LogP contribution in [-0.2, 0) is 9.59 Å². The van der Waals surface area contributed by atoms with Gasteiger partial charge in [0.15, 0.2) is 0 Å². The fraction of sp³-hybridized carbons (Fsp3) is 0.500. The van der Waals surface area contributed by atoms with Gasteiger partial charge in [-0.1, -0.05) is 18.1 Å². The van der Waals surface area contributed by atoms with Gasteiger partial charge >= 0.3 is 0 Å². The van der Waals surface area contributed by atoms with Crippen molar-refractivity contribution >= 4 is 11.8 Å². The minimum Gasteiger partial charge on any atom is -0.274 e. The predicted octanol–water partition coefficient (Wildman–Crippen LogP) is 0.427. The van der Waals surface area contributed by atoms with Gasteiger partial charge in [0.1, 0.15) is 0 Å². The minimum absolute atomic E-state index is 0.0557. The topological polar surface area (TPSA) is 37.4 Å². The van der Waals surface area contributed by atoms with Crippen LogP contribution in [0.1, 0.15) is 6.42 Å². The Morgan fingerprint density at radius 3 is 2.27 bits per heavy atom. The largest absolute Gasteiger partial charge is 0.274 e. The smallest absolute Gasteiger partial charge is 0.234 e. The monoisotopic (exact) mass is 201 g/mol. The van der Waals surface area contributed by atoms with E-state index in [1.54, 1.807) is 0 Å². The second kappa shape index (κ2) is 2.73. The van der Waals surface area contributed by atoms with Crippen LogP contribution >= 0.6 is 0 Å². The number of amides is 2. The summed E-state index contributed by atoms with van der Waals surface area (Å²) in [5, 5.41) is 0. The Labute approximate surface area is 88.1 Å². The van der Waals surface area contributed by atoms with E-state index in [2.05, 4.69) is 18.1 Å². The first-order valence-corrected chi connectivity index (χ1v) is 5.21. The minimum atomic E-state index is -0.110. The lowest BCUT2D eigenvalue weighted by Crippen LogP contribution is -2.33. The van der Waals surface area contributed by atoms with Crippen molar-refractivity contribution in [1.82, 2.24) is 4.90 Å². The summed E-state index contributed by atoms with van der Waals surface area (Å²) in [6, 6.07) is 0. The van der Waals surface area contributed by atoms with Crippen molar-refractivity contribution in [2.75, 3.05) is 6.54 Å². The van der Waals surface area contributed by atoms with E-state index in [4.69, 9.17) is 6.42 Å². The maximum atomic E-state index is 12.0. The molecule has 0 unspecified atom stereocenters. The van der Waals surface area contributed by atoms with Crippen molar-refractivity contribution in [3.05, 3.63) is 12.2 Å². The summed E-state index contributed by atoms with van der Waals surface area (Å²) in [6.07, 6.45) is 10.3. The maximum absolute atomic E-state index is 12.0. The highest BCUT2D eigenvalue weighted by Crippen LogP contribution is 2.52. The number of carbonyl (C=O) groups excluding carboxylic acids is 2. The lowest BCUT2D eigenvalue weighted by molar-refractivity contribution is -0.139. The molecule has 3 nitrogen and oxygen atoms in total. The molecule has 2 fully saturated rings. The number of hydrogen-bond acceptors (Lipinski definition) is 2. The van der Waals surface area contributed by atoms with E-state index in [1.807, 2.05) is 0 Å². The Kier molecular flexibility index (Phi) is 1.59. The number of allylic oxidation sites excluding steroid dienone is 2. The first kappa shape index (κ1) is 8.72. The van der Waals surface area contributed by atoms with E-state index in [0.717, 1.165) is 6.42 Å². The van der Waals surface area contributed by atoms with E-state index in [-0.39, 0.29) is 42.0 Å². The Morgan fingerprint density at radius 1 is 1.27 bits per heavy atom. The summed E-state index contributed by atoms with van der Waals surface area (Å²) in [5.41, 5.74) is 0. The van der Waals surface area contributed by atoms with Crippen molar-refractivity contribution in [2.24, 2.45) is 23.7 Å². The molecule has 2 amide bonds. The lowest BCUT2D eigenvalue weighted by atomic mass is 9.85. The van der Waals surface area contributed by atoms with Gasteiger partial charge in [-0.2, -0.15) is 0 Å². The average Bonchev–Trinajstić information content (AvgIpc) is 2.87. The fourth-order valence-electron chi connectivity index (χ4n) is 3.21. The number of terminal acetylenes is 1. The molecule has 1 heterocycles. The number of fused-ring (bicyclic) bond motifs is 5. The van der Waals surface area contributed by atoms with Crippen LogP contribution in [0.3, 0.4) is 0 Å². The lowest BCUT2D eigenvalue weighted by Gasteiger charge is -2.14. The summed E-state index contributed by atoms with van der Waals surface area (Å²) < 4.78 is 0. The van der Waals surface area contributed by atoms with Crippen LogP contribution < -0.4 is 0 Å². The molecular weight excluding hydrogens is 190 g/mol. The van der Waals surface area contributed by atoms with Gasteiger partial charge in [0.05, 0.1) is 18.4 Å². The molecule has 3 aliphatic rings. The summed E-state index contributed by atoms with van der Waals surface area (Å²) in [7, 11) is 0. The number of imide groups is 1. The van der Waals surface area contributed by atoms with Crippen molar-refractivity contribution in [3.63, 3.8) is 0 Å². The molecule has 3 rings (SSSR count). The van der Waals surface area contributed by atoms with Crippen molar-refractivity contribution in [3.8, 4) is 12.3 Å². The van der Waals surface area contributed by atoms with Crippen LogP contribution in [0.5, 0.6) is 0 Å². The number of likely N-dealkylation sites (tertiary alicyclic amines) is 1. The molecule has 0 N–H and O–H groups in total. The first-order valence-electron chi connectivity index (χ1n) is 5.21. The van der Waals surface area contributed by atoms with Gasteiger partial charge in [-0.05, 0) is 18.3 Å². The highest BCUT2D eigenvalue weighted by atomic mass is 16.2. The van der Waals surface area contributed by atoms with Gasteiger partial charge in [-0.25, -0.2) is 0 Å². The molecule has 4 atom stereocenters. The second-order valence-corrected chi connectivity index (χ2v) is 4.47. The number of hydrogen-bond donors (Lipinski definition) is 0. The van der Waals surface area contributed by atoms with Crippen molar-refractivity contribution in [2.45, 2.75) is 6.42 Å². The van der Waals surface area contributed by atoms with Crippen LogP contribution in [0.25, 0.3) is 0 Å². The number of carbonyl (C=O) groups is 2. The molecule has 1 saturated heterocycles. The molecule has 0 spiro atoms. The summed E-state index contributed by atoms with van der Waals surface area (Å²) in [5.74, 6) is 2.60. The SMILES string of the molecule is C#CCN1C(=O)[C@H]2[C@H](C1=O)[C@H]1C=C[C@H]2C1. The maximum Gasteiger partial charge on any atom is 0.234 e. The Balaban J connectivity index is 1.97. The first-order chi connectivity index (χ1) is 7.24. The molecule has 0 aromatic carbocycles. The molecule has 76 valence electrons. The summed E-state index contributed by atoms with van der Waals surface area (Å²) >= 11 is 0. The van der Waals surface area contributed by atoms with E-state index >= 15 is 0 Å². The molecule has 3 heteroatoms. The Morgan fingerprint density at radius 2 is 1.80 bits per heavy atom. The second-order valence-electron chi connectivity index (χ2n) is 4.47. The van der Waals surface area contributed by atoms with Crippen LogP contribution in [0.2, 0.25) is 0 Å². The third kappa shape index (κ3) is 0.918. The Hall–Kier alpha value is -1.56. The zero-order valence-corrected chi connectivity index (χ0v) is 8.22. The zero-order chi connectivity index (χ0) is 10.6. The molecule has 15 heavy (non-hydrogen) atoms. The zero-order valence-electron chi connectivity index (χ0n) is 8.22. The molecule has 2 bridgehead atoms. The van der Waals surface area contributed by atoms with Crippen LogP contribution in [0.15, 0.2) is 12.2 Å². The predicted molar refractivity (Wildman–Crippen MR) is 53.3 cm³/mol. The molecular formula is C12H11NO2. The van der Waals surface area contributed by atoms with Crippen molar-refractivity contribution < 1.29 is 9.59 Å². The number of nitrogens with zero attached hydrogens (tertiary/aromatic N) is 1. The highest BCUT2D eigenvalue weighted by molar-refractivity contribution is 6.06. The molecule has 1 saturated carbocycles. The third-order valence-corrected chi connectivity index (χ3v) is 3.81. The van der Waals surface area contributed by atoms with Gasteiger partial charge in [-0.15, -0.1) is 6.42 Å². The summed E-state index contributed by atoms with van der Waals surface area (Å²) in [6.45, 7) is 0.129. The van der Waals surface area contributed by atoms with Gasteiger partial charge in [0, 0.05) is 0 Å². The van der Waals surface area contributed by atoms with Crippen LogP contribution in [0.4, 0.5) is 0 Å². The molecule has 2 aliphatic carbocycles. The van der Waals surface area contributed by atoms with Crippen LogP contribution in [0, 0.1) is 36.0 Å². The van der Waals surface area contributed by atoms with E-state index in [1.165, 1.54) is 4.90 Å². The van der Waals surface area contributed by atoms with Gasteiger partial charge in [0.2, 0.25) is 11.8 Å². The van der Waals surface area contributed by atoms with Crippen molar-refractivity contribution in [1.29, 1.82) is 0 Å². The number of rotatable bonds is 1. The van der Waals surface area contributed by atoms with E-state index in [0.29, 0.717) is 0 Å². The van der Waals surface area contributed by atoms with Gasteiger partial charge in [0.25, 0.3) is 0 Å². The quantitative estimate of drug-likeness (QED) is 0.350. The highest BCUT2D eigenvalue weighted by Gasteiger charge is 2.58. The van der Waals surface area contributed by atoms with Crippen LogP contribution in [-0.4, -0.2) is 23.3 Å². The Bertz CT molecular complexity index is 388. The molecule has 1 aliphatic heterocycles. The average molecular weight is 201 g/mol. The summed E-state index contributed by atoms with van der Waals surface area (Å²) in [4.78, 5) is 25.2. The van der Waals surface area contributed by atoms with E-state index in [9.17, 15) is 9.59 Å². The third-order valence-electron chi connectivity index (χ3n) is 3.81. The molecule has 0 radical (unpaired) electrons.